The van der Waals surface area contributed by atoms with Crippen molar-refractivity contribution in [2.24, 2.45) is 5.11 Å². The summed E-state index contributed by atoms with van der Waals surface area (Å²) in [4.78, 5) is 2.80. The van der Waals surface area contributed by atoms with Crippen LogP contribution in [0, 0.1) is 0 Å². The fourth-order valence-electron chi connectivity index (χ4n) is 1.53. The van der Waals surface area contributed by atoms with Gasteiger partial charge in [-0.25, -0.2) is 0 Å². The summed E-state index contributed by atoms with van der Waals surface area (Å²) in [6, 6.07) is 0. The van der Waals surface area contributed by atoms with Crippen molar-refractivity contribution < 1.29 is 0 Å². The summed E-state index contributed by atoms with van der Waals surface area (Å²) in [6.45, 7) is 0. The zero-order valence-electron chi connectivity index (χ0n) is 6.79. The van der Waals surface area contributed by atoms with Crippen LogP contribution in [0.4, 0.5) is 0 Å². The van der Waals surface area contributed by atoms with Crippen molar-refractivity contribution in [2.45, 2.75) is 37.0 Å². The van der Waals surface area contributed by atoms with E-state index in [1.54, 1.807) is 11.8 Å². The monoisotopic (exact) mass is 171 g/mol. The third-order valence-electron chi connectivity index (χ3n) is 2.24. The number of thioether (sulfide) groups is 1. The molecular formula is C7H13N3S. The van der Waals surface area contributed by atoms with Crippen LogP contribution in [0.1, 0.15) is 32.1 Å². The van der Waals surface area contributed by atoms with Gasteiger partial charge >= 0.3 is 0 Å². The predicted octanol–water partition coefficient (Wildman–Crippen LogP) is 3.32. The Balaban J connectivity index is 2.64. The van der Waals surface area contributed by atoms with Crippen molar-refractivity contribution >= 4 is 11.8 Å². The van der Waals surface area contributed by atoms with Gasteiger partial charge < -0.3 is 0 Å². The molecule has 4 heteroatoms. The molecule has 0 radical (unpaired) electrons. The van der Waals surface area contributed by atoms with Crippen molar-refractivity contribution in [3.8, 4) is 0 Å². The highest BCUT2D eigenvalue weighted by atomic mass is 32.2. The molecule has 0 spiro atoms. The number of nitrogens with zero attached hydrogens (tertiary/aromatic N) is 3. The van der Waals surface area contributed by atoms with E-state index in [1.165, 1.54) is 19.3 Å². The second-order valence-corrected chi connectivity index (χ2v) is 4.07. The van der Waals surface area contributed by atoms with Crippen molar-refractivity contribution in [1.82, 2.24) is 0 Å². The first-order valence-electron chi connectivity index (χ1n) is 3.94. The van der Waals surface area contributed by atoms with Crippen LogP contribution in [0.3, 0.4) is 0 Å². The lowest BCUT2D eigenvalue weighted by Gasteiger charge is -2.30. The Labute approximate surface area is 71.2 Å². The summed E-state index contributed by atoms with van der Waals surface area (Å²) in [5, 5.41) is 3.88. The normalized spacial score (nSPS) is 22.3. The number of hydrogen-bond acceptors (Lipinski definition) is 2. The molecule has 62 valence electrons. The third kappa shape index (κ3) is 2.04. The van der Waals surface area contributed by atoms with Gasteiger partial charge in [0, 0.05) is 4.91 Å². The van der Waals surface area contributed by atoms with Crippen LogP contribution < -0.4 is 0 Å². The van der Waals surface area contributed by atoms with Gasteiger partial charge in [0.15, 0.2) is 0 Å². The first kappa shape index (κ1) is 8.75. The van der Waals surface area contributed by atoms with Crippen LogP contribution in [0.5, 0.6) is 0 Å². The van der Waals surface area contributed by atoms with Gasteiger partial charge in [0.2, 0.25) is 0 Å². The van der Waals surface area contributed by atoms with E-state index >= 15 is 0 Å². The van der Waals surface area contributed by atoms with E-state index in [2.05, 4.69) is 10.0 Å². The zero-order chi connectivity index (χ0) is 8.16. The Kier molecular flexibility index (Phi) is 3.09. The molecule has 0 aliphatic heterocycles. The molecule has 0 amide bonds. The quantitative estimate of drug-likeness (QED) is 0.357. The lowest BCUT2D eigenvalue weighted by atomic mass is 9.95. The number of rotatable bonds is 2. The van der Waals surface area contributed by atoms with Crippen LogP contribution in [0.2, 0.25) is 0 Å². The number of hydrogen-bond donors (Lipinski definition) is 0. The van der Waals surface area contributed by atoms with Crippen molar-refractivity contribution in [1.29, 1.82) is 0 Å². The van der Waals surface area contributed by atoms with E-state index in [1.807, 2.05) is 6.26 Å². The summed E-state index contributed by atoms with van der Waals surface area (Å²) in [5.41, 5.74) is 8.36. The van der Waals surface area contributed by atoms with Gasteiger partial charge in [0.25, 0.3) is 0 Å². The molecule has 1 fully saturated rings. The molecule has 1 aliphatic carbocycles. The minimum absolute atomic E-state index is 0.104. The summed E-state index contributed by atoms with van der Waals surface area (Å²) in [6.07, 6.45) is 7.85. The fraction of sp³-hybridized carbons (Fsp3) is 1.00. The standard InChI is InChI=1S/C7H13N3S/c1-11-7(9-10-8)5-3-2-4-6-7/h2-6H2,1H3. The zero-order valence-corrected chi connectivity index (χ0v) is 7.60. The Morgan fingerprint density at radius 2 is 2.00 bits per heavy atom. The van der Waals surface area contributed by atoms with Crippen LogP contribution in [0.15, 0.2) is 5.11 Å². The van der Waals surface area contributed by atoms with Gasteiger partial charge in [-0.3, -0.25) is 0 Å². The van der Waals surface area contributed by atoms with Crippen molar-refractivity contribution in [2.75, 3.05) is 6.26 Å². The highest BCUT2D eigenvalue weighted by Gasteiger charge is 2.29. The molecule has 0 aromatic carbocycles. The van der Waals surface area contributed by atoms with Gasteiger partial charge in [-0.15, -0.1) is 0 Å². The average Bonchev–Trinajstić information content (AvgIpc) is 2.07. The molecule has 0 atom stereocenters. The lowest BCUT2D eigenvalue weighted by Crippen LogP contribution is -2.23. The third-order valence-corrected chi connectivity index (χ3v) is 3.49. The summed E-state index contributed by atoms with van der Waals surface area (Å²) in [7, 11) is 0. The predicted molar refractivity (Wildman–Crippen MR) is 48.5 cm³/mol. The molecule has 0 aromatic rings. The topological polar surface area (TPSA) is 48.8 Å². The maximum atomic E-state index is 8.36. The van der Waals surface area contributed by atoms with Gasteiger partial charge in [0.1, 0.15) is 0 Å². The van der Waals surface area contributed by atoms with E-state index < -0.39 is 0 Å². The minimum atomic E-state index is -0.104. The van der Waals surface area contributed by atoms with Crippen molar-refractivity contribution in [3.05, 3.63) is 10.4 Å². The Bertz CT molecular complexity index is 169. The van der Waals surface area contributed by atoms with Gasteiger partial charge in [0.05, 0.1) is 4.87 Å². The van der Waals surface area contributed by atoms with Crippen LogP contribution in [-0.4, -0.2) is 11.1 Å². The van der Waals surface area contributed by atoms with Gasteiger partial charge in [-0.2, -0.15) is 11.8 Å². The highest BCUT2D eigenvalue weighted by molar-refractivity contribution is 7.99. The molecule has 0 saturated heterocycles. The molecule has 0 N–H and O–H groups in total. The Morgan fingerprint density at radius 3 is 2.45 bits per heavy atom. The van der Waals surface area contributed by atoms with Crippen LogP contribution in [-0.2, 0) is 0 Å². The SMILES string of the molecule is CSC1(N=[N+]=[N-])CCCCC1. The van der Waals surface area contributed by atoms with E-state index in [-0.39, 0.29) is 4.87 Å². The average molecular weight is 171 g/mol. The second-order valence-electron chi connectivity index (χ2n) is 2.90. The molecule has 0 aromatic heterocycles. The number of azide groups is 1. The Morgan fingerprint density at radius 1 is 1.36 bits per heavy atom. The molecular weight excluding hydrogens is 158 g/mol. The van der Waals surface area contributed by atoms with E-state index in [9.17, 15) is 0 Å². The van der Waals surface area contributed by atoms with E-state index in [0.717, 1.165) is 12.8 Å². The summed E-state index contributed by atoms with van der Waals surface area (Å²) in [5.74, 6) is 0. The minimum Gasteiger partial charge on any atom is -0.153 e. The maximum Gasteiger partial charge on any atom is 0.0941 e. The fourth-order valence-corrected chi connectivity index (χ4v) is 2.35. The smallest absolute Gasteiger partial charge is 0.0941 e. The summed E-state index contributed by atoms with van der Waals surface area (Å²) >= 11 is 1.70. The maximum absolute atomic E-state index is 8.36. The molecule has 0 unspecified atom stereocenters. The van der Waals surface area contributed by atoms with Crippen molar-refractivity contribution in [3.63, 3.8) is 0 Å². The highest BCUT2D eigenvalue weighted by Crippen LogP contribution is 2.39. The van der Waals surface area contributed by atoms with Crippen LogP contribution >= 0.6 is 11.8 Å². The Hall–Kier alpha value is -0.340. The first-order chi connectivity index (χ1) is 5.33. The van der Waals surface area contributed by atoms with Crippen LogP contribution in [0.25, 0.3) is 10.4 Å². The van der Waals surface area contributed by atoms with Gasteiger partial charge in [-0.1, -0.05) is 24.4 Å². The van der Waals surface area contributed by atoms with E-state index in [4.69, 9.17) is 5.53 Å². The molecule has 0 bridgehead atoms. The molecule has 3 nitrogen and oxygen atoms in total. The largest absolute Gasteiger partial charge is 0.153 e. The van der Waals surface area contributed by atoms with Gasteiger partial charge in [-0.05, 0) is 24.6 Å². The molecule has 1 rings (SSSR count). The second kappa shape index (κ2) is 3.88. The summed E-state index contributed by atoms with van der Waals surface area (Å²) < 4.78 is 0. The molecule has 1 aliphatic rings. The van der Waals surface area contributed by atoms with E-state index in [0.29, 0.717) is 0 Å². The molecule has 1 saturated carbocycles. The first-order valence-corrected chi connectivity index (χ1v) is 5.17. The molecule has 0 heterocycles. The molecule has 11 heavy (non-hydrogen) atoms. The lowest BCUT2D eigenvalue weighted by molar-refractivity contribution is 0.407.